The minimum atomic E-state index is -0.142. The van der Waals surface area contributed by atoms with E-state index in [-0.39, 0.29) is 5.56 Å². The van der Waals surface area contributed by atoms with Crippen molar-refractivity contribution in [2.45, 2.75) is 13.3 Å². The van der Waals surface area contributed by atoms with E-state index in [1.54, 1.807) is 12.1 Å². The predicted molar refractivity (Wildman–Crippen MR) is 101 cm³/mol. The second kappa shape index (κ2) is 7.45. The van der Waals surface area contributed by atoms with Crippen LogP contribution >= 0.6 is 15.9 Å². The molecule has 24 heavy (non-hydrogen) atoms. The third-order valence-electron chi connectivity index (χ3n) is 3.49. The molecule has 0 radical (unpaired) electrons. The Morgan fingerprint density at radius 1 is 1.21 bits per heavy atom. The molecule has 0 fully saturated rings. The number of para-hydroxylation sites is 1. The molecule has 2 aromatic carbocycles. The molecule has 0 aliphatic carbocycles. The van der Waals surface area contributed by atoms with Gasteiger partial charge in [-0.25, -0.2) is 4.98 Å². The van der Waals surface area contributed by atoms with E-state index in [4.69, 9.17) is 4.74 Å². The first-order valence-corrected chi connectivity index (χ1v) is 8.56. The van der Waals surface area contributed by atoms with Crippen molar-refractivity contribution in [1.82, 2.24) is 9.97 Å². The van der Waals surface area contributed by atoms with Crippen LogP contribution in [0.5, 0.6) is 5.75 Å². The van der Waals surface area contributed by atoms with Crippen LogP contribution in [-0.4, -0.2) is 16.6 Å². The monoisotopic (exact) mass is 384 g/mol. The summed E-state index contributed by atoms with van der Waals surface area (Å²) in [7, 11) is 0. The minimum Gasteiger partial charge on any atom is -0.493 e. The molecule has 0 bridgehead atoms. The number of rotatable bonds is 5. The number of hydrogen-bond donors (Lipinski definition) is 1. The number of benzene rings is 2. The van der Waals surface area contributed by atoms with Gasteiger partial charge in [-0.15, -0.1) is 0 Å². The van der Waals surface area contributed by atoms with E-state index in [0.717, 1.165) is 22.2 Å². The Morgan fingerprint density at radius 2 is 2.04 bits per heavy atom. The largest absolute Gasteiger partial charge is 0.493 e. The van der Waals surface area contributed by atoms with Crippen molar-refractivity contribution in [3.63, 3.8) is 0 Å². The van der Waals surface area contributed by atoms with Gasteiger partial charge in [0.2, 0.25) is 0 Å². The van der Waals surface area contributed by atoms with Crippen molar-refractivity contribution in [3.8, 4) is 5.75 Å². The average molecular weight is 385 g/mol. The molecule has 0 aliphatic heterocycles. The number of ether oxygens (including phenoxy) is 1. The number of halogens is 1. The maximum Gasteiger partial charge on any atom is 0.259 e. The van der Waals surface area contributed by atoms with Gasteiger partial charge in [0, 0.05) is 10.0 Å². The number of aromatic amines is 1. The van der Waals surface area contributed by atoms with Gasteiger partial charge in [0.15, 0.2) is 0 Å². The molecule has 3 rings (SSSR count). The number of nitrogens with one attached hydrogen (secondary N) is 1. The Morgan fingerprint density at radius 3 is 2.88 bits per heavy atom. The Labute approximate surface area is 148 Å². The number of H-pyrrole nitrogens is 1. The van der Waals surface area contributed by atoms with E-state index in [9.17, 15) is 4.79 Å². The van der Waals surface area contributed by atoms with Gasteiger partial charge in [0.05, 0.1) is 17.5 Å². The van der Waals surface area contributed by atoms with Gasteiger partial charge < -0.3 is 9.72 Å². The van der Waals surface area contributed by atoms with Gasteiger partial charge in [-0.3, -0.25) is 4.79 Å². The molecule has 122 valence electrons. The smallest absolute Gasteiger partial charge is 0.259 e. The van der Waals surface area contributed by atoms with Crippen LogP contribution in [0.4, 0.5) is 0 Å². The third-order valence-corrected chi connectivity index (χ3v) is 3.98. The van der Waals surface area contributed by atoms with Crippen LogP contribution in [0.15, 0.2) is 51.7 Å². The Balaban J connectivity index is 1.96. The summed E-state index contributed by atoms with van der Waals surface area (Å²) >= 11 is 3.47. The summed E-state index contributed by atoms with van der Waals surface area (Å²) in [6, 6.07) is 13.1. The van der Waals surface area contributed by atoms with Crippen LogP contribution in [0, 0.1) is 0 Å². The van der Waals surface area contributed by atoms with Crippen LogP contribution in [-0.2, 0) is 0 Å². The van der Waals surface area contributed by atoms with Crippen LogP contribution in [0.3, 0.4) is 0 Å². The Hall–Kier alpha value is -2.40. The second-order valence-corrected chi connectivity index (χ2v) is 6.25. The molecule has 0 amide bonds. The van der Waals surface area contributed by atoms with Crippen molar-refractivity contribution >= 4 is 39.0 Å². The van der Waals surface area contributed by atoms with E-state index in [1.807, 2.05) is 42.5 Å². The van der Waals surface area contributed by atoms with E-state index in [1.165, 1.54) is 0 Å². The molecule has 1 aromatic heterocycles. The summed E-state index contributed by atoms with van der Waals surface area (Å²) in [6.45, 7) is 2.73. The van der Waals surface area contributed by atoms with E-state index >= 15 is 0 Å². The van der Waals surface area contributed by atoms with Crippen LogP contribution in [0.2, 0.25) is 0 Å². The Bertz CT molecular complexity index is 947. The highest BCUT2D eigenvalue weighted by Crippen LogP contribution is 2.25. The normalized spacial score (nSPS) is 11.2. The Kier molecular flexibility index (Phi) is 5.11. The molecular formula is C19H17BrN2O2. The quantitative estimate of drug-likeness (QED) is 0.696. The number of hydrogen-bond acceptors (Lipinski definition) is 3. The van der Waals surface area contributed by atoms with Gasteiger partial charge in [0.25, 0.3) is 5.56 Å². The average Bonchev–Trinajstić information content (AvgIpc) is 2.59. The lowest BCUT2D eigenvalue weighted by molar-refractivity contribution is 0.317. The maximum absolute atomic E-state index is 12.1. The second-order valence-electron chi connectivity index (χ2n) is 5.33. The minimum absolute atomic E-state index is 0.142. The molecule has 0 saturated carbocycles. The zero-order valence-electron chi connectivity index (χ0n) is 13.3. The number of aromatic nitrogens is 2. The predicted octanol–water partition coefficient (Wildman–Crippen LogP) is 4.64. The summed E-state index contributed by atoms with van der Waals surface area (Å²) in [4.78, 5) is 19.4. The van der Waals surface area contributed by atoms with Crippen molar-refractivity contribution in [1.29, 1.82) is 0 Å². The fourth-order valence-corrected chi connectivity index (χ4v) is 2.72. The molecule has 3 aromatic rings. The van der Waals surface area contributed by atoms with Crippen LogP contribution in [0.25, 0.3) is 23.1 Å². The van der Waals surface area contributed by atoms with Gasteiger partial charge >= 0.3 is 0 Å². The first kappa shape index (κ1) is 16.5. The van der Waals surface area contributed by atoms with Crippen molar-refractivity contribution in [3.05, 3.63) is 68.7 Å². The highest BCUT2D eigenvalue weighted by atomic mass is 79.9. The number of fused-ring (bicyclic) bond motifs is 1. The summed E-state index contributed by atoms with van der Waals surface area (Å²) in [5, 5.41) is 0.587. The third kappa shape index (κ3) is 3.74. The maximum atomic E-state index is 12.1. The van der Waals surface area contributed by atoms with E-state index in [2.05, 4.69) is 32.8 Å². The molecule has 4 nitrogen and oxygen atoms in total. The molecule has 0 saturated heterocycles. The van der Waals surface area contributed by atoms with E-state index in [0.29, 0.717) is 23.3 Å². The fourth-order valence-electron chi connectivity index (χ4n) is 2.35. The first-order valence-electron chi connectivity index (χ1n) is 7.77. The molecule has 1 N–H and O–H groups in total. The standard InChI is InChI=1S/C19H17BrN2O2/c1-2-11-24-17-9-8-14(20)12-13(17)7-10-18-21-16-6-4-3-5-15(16)19(23)22-18/h3-10,12H,2,11H2,1H3,(H,21,22,23). The van der Waals surface area contributed by atoms with Crippen LogP contribution < -0.4 is 10.3 Å². The molecule has 0 unspecified atom stereocenters. The molecule has 0 aliphatic rings. The zero-order valence-corrected chi connectivity index (χ0v) is 14.8. The summed E-state index contributed by atoms with van der Waals surface area (Å²) < 4.78 is 6.72. The molecule has 1 heterocycles. The van der Waals surface area contributed by atoms with Crippen molar-refractivity contribution in [2.75, 3.05) is 6.61 Å². The summed E-state index contributed by atoms with van der Waals surface area (Å²) in [5.74, 6) is 1.32. The lowest BCUT2D eigenvalue weighted by Gasteiger charge is -2.08. The van der Waals surface area contributed by atoms with Gasteiger partial charge in [-0.1, -0.05) is 35.0 Å². The lowest BCUT2D eigenvalue weighted by Crippen LogP contribution is -2.09. The van der Waals surface area contributed by atoms with Gasteiger partial charge in [-0.2, -0.15) is 0 Å². The summed E-state index contributed by atoms with van der Waals surface area (Å²) in [6.07, 6.45) is 4.62. The van der Waals surface area contributed by atoms with Gasteiger partial charge in [-0.05, 0) is 48.9 Å². The number of nitrogens with zero attached hydrogens (tertiary/aromatic N) is 1. The highest BCUT2D eigenvalue weighted by Gasteiger charge is 2.04. The highest BCUT2D eigenvalue weighted by molar-refractivity contribution is 9.10. The molecule has 0 atom stereocenters. The van der Waals surface area contributed by atoms with Crippen molar-refractivity contribution < 1.29 is 4.74 Å². The SMILES string of the molecule is CCCOc1ccc(Br)cc1C=Cc1nc2ccccc2c(=O)[nH]1. The molecule has 0 spiro atoms. The van der Waals surface area contributed by atoms with Gasteiger partial charge in [0.1, 0.15) is 11.6 Å². The molecular weight excluding hydrogens is 368 g/mol. The van der Waals surface area contributed by atoms with E-state index < -0.39 is 0 Å². The molecule has 5 heteroatoms. The van der Waals surface area contributed by atoms with Crippen LogP contribution in [0.1, 0.15) is 24.7 Å². The lowest BCUT2D eigenvalue weighted by atomic mass is 10.2. The van der Waals surface area contributed by atoms with Crippen molar-refractivity contribution in [2.24, 2.45) is 0 Å². The fraction of sp³-hybridized carbons (Fsp3) is 0.158. The first-order chi connectivity index (χ1) is 11.7. The topological polar surface area (TPSA) is 55.0 Å². The zero-order chi connectivity index (χ0) is 16.9. The summed E-state index contributed by atoms with van der Waals surface area (Å²) in [5.41, 5.74) is 1.46.